The van der Waals surface area contributed by atoms with Crippen LogP contribution in [0.2, 0.25) is 0 Å². The highest BCUT2D eigenvalue weighted by atomic mass is 32.2. The fourth-order valence-corrected chi connectivity index (χ4v) is 5.75. The summed E-state index contributed by atoms with van der Waals surface area (Å²) in [4.78, 5) is 26.2. The van der Waals surface area contributed by atoms with E-state index < -0.39 is 0 Å². The highest BCUT2D eigenvalue weighted by Gasteiger charge is 2.29. The average molecular weight is 470 g/mol. The Bertz CT molecular complexity index is 989. The fourth-order valence-electron chi connectivity index (χ4n) is 4.84. The van der Waals surface area contributed by atoms with Crippen molar-refractivity contribution in [2.75, 3.05) is 18.8 Å². The molecule has 2 heterocycles. The first kappa shape index (κ1) is 23.8. The number of likely N-dealkylation sites (tertiary alicyclic amines) is 1. The number of piperidine rings is 1. The van der Waals surface area contributed by atoms with Gasteiger partial charge in [0.05, 0.1) is 11.7 Å². The van der Waals surface area contributed by atoms with Gasteiger partial charge in [-0.15, -0.1) is 10.2 Å². The Kier molecular flexibility index (Phi) is 7.12. The zero-order chi connectivity index (χ0) is 23.6. The molecule has 2 aliphatic rings. The molecule has 1 unspecified atom stereocenters. The van der Waals surface area contributed by atoms with Crippen molar-refractivity contribution in [3.05, 3.63) is 29.8 Å². The fraction of sp³-hybridized carbons (Fsp3) is 0.600. The molecule has 1 aliphatic carbocycles. The third kappa shape index (κ3) is 5.42. The number of hydrogen-bond donors (Lipinski definition) is 1. The molecule has 4 rings (SSSR count). The summed E-state index contributed by atoms with van der Waals surface area (Å²) < 4.78 is 2.25. The molecule has 1 aliphatic heterocycles. The molecular weight excluding hydrogens is 434 g/mol. The zero-order valence-electron chi connectivity index (χ0n) is 19.9. The van der Waals surface area contributed by atoms with Crippen LogP contribution in [0.25, 0.3) is 11.4 Å². The Hall–Kier alpha value is -2.35. The van der Waals surface area contributed by atoms with E-state index in [4.69, 9.17) is 5.73 Å². The molecule has 0 radical (unpaired) electrons. The van der Waals surface area contributed by atoms with Crippen molar-refractivity contribution in [2.45, 2.75) is 75.9 Å². The molecule has 2 fully saturated rings. The molecule has 178 valence electrons. The molecule has 8 heteroatoms. The second-order valence-corrected chi connectivity index (χ2v) is 11.3. The molecule has 1 saturated heterocycles. The molecule has 0 spiro atoms. The van der Waals surface area contributed by atoms with Gasteiger partial charge in [-0.2, -0.15) is 0 Å². The van der Waals surface area contributed by atoms with Crippen LogP contribution in [0.3, 0.4) is 0 Å². The number of benzene rings is 1. The van der Waals surface area contributed by atoms with Crippen molar-refractivity contribution in [3.63, 3.8) is 0 Å². The van der Waals surface area contributed by atoms with E-state index in [0.717, 1.165) is 42.2 Å². The third-order valence-electron chi connectivity index (χ3n) is 6.86. The lowest BCUT2D eigenvalue weighted by atomic mass is 9.86. The van der Waals surface area contributed by atoms with Crippen molar-refractivity contribution >= 4 is 23.6 Å². The molecule has 1 aromatic heterocycles. The van der Waals surface area contributed by atoms with Gasteiger partial charge in [0.25, 0.3) is 0 Å². The van der Waals surface area contributed by atoms with Gasteiger partial charge in [0.2, 0.25) is 11.8 Å². The third-order valence-corrected chi connectivity index (χ3v) is 7.79. The van der Waals surface area contributed by atoms with Crippen LogP contribution in [0.5, 0.6) is 0 Å². The maximum Gasteiger partial charge on any atom is 0.233 e. The van der Waals surface area contributed by atoms with Gasteiger partial charge in [0.15, 0.2) is 11.0 Å². The van der Waals surface area contributed by atoms with Crippen LogP contribution in [0, 0.1) is 5.92 Å². The van der Waals surface area contributed by atoms with Crippen LogP contribution < -0.4 is 5.73 Å². The monoisotopic (exact) mass is 469 g/mol. The number of carbonyl (C=O) groups is 2. The predicted molar refractivity (Wildman–Crippen MR) is 131 cm³/mol. The van der Waals surface area contributed by atoms with Crippen molar-refractivity contribution < 1.29 is 9.59 Å². The van der Waals surface area contributed by atoms with Crippen LogP contribution in [-0.2, 0) is 15.0 Å². The molecule has 1 atom stereocenters. The largest absolute Gasteiger partial charge is 0.369 e. The first-order valence-electron chi connectivity index (χ1n) is 12.0. The lowest BCUT2D eigenvalue weighted by Crippen LogP contribution is -2.44. The lowest BCUT2D eigenvalue weighted by Gasteiger charge is -2.31. The quantitative estimate of drug-likeness (QED) is 0.641. The molecular formula is C25H35N5O2S. The van der Waals surface area contributed by atoms with Crippen molar-refractivity contribution in [3.8, 4) is 11.4 Å². The number of hydrogen-bond acceptors (Lipinski definition) is 5. The number of rotatable bonds is 6. The van der Waals surface area contributed by atoms with Crippen LogP contribution in [-0.4, -0.2) is 50.3 Å². The molecule has 1 aromatic carbocycles. The summed E-state index contributed by atoms with van der Waals surface area (Å²) in [5.41, 5.74) is 7.91. The minimum atomic E-state index is -0.316. The second kappa shape index (κ2) is 9.87. The second-order valence-electron chi connectivity index (χ2n) is 10.3. The van der Waals surface area contributed by atoms with Gasteiger partial charge in [-0.1, -0.05) is 69.6 Å². The van der Waals surface area contributed by atoms with Gasteiger partial charge in [-0.25, -0.2) is 0 Å². The Morgan fingerprint density at radius 2 is 1.76 bits per heavy atom. The first-order valence-corrected chi connectivity index (χ1v) is 13.0. The summed E-state index contributed by atoms with van der Waals surface area (Å²) >= 11 is 1.45. The van der Waals surface area contributed by atoms with E-state index in [9.17, 15) is 9.59 Å². The topological polar surface area (TPSA) is 94.1 Å². The van der Waals surface area contributed by atoms with E-state index in [1.54, 1.807) is 4.90 Å². The zero-order valence-corrected chi connectivity index (χ0v) is 20.7. The smallest absolute Gasteiger partial charge is 0.233 e. The number of nitrogens with two attached hydrogens (primary N) is 1. The van der Waals surface area contributed by atoms with E-state index in [2.05, 4.69) is 59.8 Å². The number of primary amides is 1. The molecule has 2 amide bonds. The number of thioether (sulfide) groups is 1. The summed E-state index contributed by atoms with van der Waals surface area (Å²) in [5.74, 6) is 0.645. The number of aromatic nitrogens is 3. The van der Waals surface area contributed by atoms with Gasteiger partial charge in [-0.3, -0.25) is 14.2 Å². The summed E-state index contributed by atoms with van der Waals surface area (Å²) in [6.45, 7) is 7.74. The van der Waals surface area contributed by atoms with E-state index in [1.807, 2.05) is 0 Å². The van der Waals surface area contributed by atoms with Crippen molar-refractivity contribution in [1.29, 1.82) is 0 Å². The molecule has 0 bridgehead atoms. The highest BCUT2D eigenvalue weighted by molar-refractivity contribution is 7.99. The van der Waals surface area contributed by atoms with Gasteiger partial charge in [-0.05, 0) is 36.7 Å². The minimum absolute atomic E-state index is 0.0306. The Labute approximate surface area is 200 Å². The maximum atomic E-state index is 12.9. The minimum Gasteiger partial charge on any atom is -0.369 e. The van der Waals surface area contributed by atoms with Crippen molar-refractivity contribution in [2.24, 2.45) is 11.7 Å². The first-order chi connectivity index (χ1) is 15.7. The number of carbonyl (C=O) groups excluding carboxylic acids is 2. The van der Waals surface area contributed by atoms with Gasteiger partial charge >= 0.3 is 0 Å². The normalized spacial score (nSPS) is 19.7. The van der Waals surface area contributed by atoms with Gasteiger partial charge in [0.1, 0.15) is 0 Å². The van der Waals surface area contributed by atoms with Crippen LogP contribution in [0.1, 0.15) is 70.9 Å². The van der Waals surface area contributed by atoms with Crippen molar-refractivity contribution in [1.82, 2.24) is 19.7 Å². The number of nitrogens with zero attached hydrogens (tertiary/aromatic N) is 4. The summed E-state index contributed by atoms with van der Waals surface area (Å²) in [6, 6.07) is 8.97. The molecule has 7 nitrogen and oxygen atoms in total. The van der Waals surface area contributed by atoms with Crippen LogP contribution >= 0.6 is 11.8 Å². The summed E-state index contributed by atoms with van der Waals surface area (Å²) in [5, 5.41) is 9.85. The van der Waals surface area contributed by atoms with E-state index >= 15 is 0 Å². The molecule has 1 saturated carbocycles. The summed E-state index contributed by atoms with van der Waals surface area (Å²) in [7, 11) is 0. The van der Waals surface area contributed by atoms with Gasteiger partial charge in [0, 0.05) is 24.7 Å². The standard InChI is InChI=1S/C25H35N5O2S/c1-25(2,3)19-12-10-17(11-13-19)23-27-28-24(30(23)20-8-4-5-9-20)33-16-21(31)29-14-6-7-18(15-29)22(26)32/h10-13,18,20H,4-9,14-16H2,1-3H3,(H2,26,32). The average Bonchev–Trinajstić information content (AvgIpc) is 3.46. The Morgan fingerprint density at radius 3 is 2.39 bits per heavy atom. The SMILES string of the molecule is CC(C)(C)c1ccc(-c2nnc(SCC(=O)N3CCCC(C(N)=O)C3)n2C2CCCC2)cc1. The predicted octanol–water partition coefficient (Wildman–Crippen LogP) is 4.17. The summed E-state index contributed by atoms with van der Waals surface area (Å²) in [6.07, 6.45) is 6.21. The van der Waals surface area contributed by atoms with Crippen LogP contribution in [0.15, 0.2) is 29.4 Å². The van der Waals surface area contributed by atoms with E-state index in [0.29, 0.717) is 24.9 Å². The number of amides is 2. The lowest BCUT2D eigenvalue weighted by molar-refractivity contribution is -0.132. The molecule has 33 heavy (non-hydrogen) atoms. The Balaban J connectivity index is 1.52. The van der Waals surface area contributed by atoms with E-state index in [1.165, 1.54) is 30.2 Å². The van der Waals surface area contributed by atoms with Crippen LogP contribution in [0.4, 0.5) is 0 Å². The van der Waals surface area contributed by atoms with E-state index in [-0.39, 0.29) is 23.1 Å². The molecule has 2 N–H and O–H groups in total. The highest BCUT2D eigenvalue weighted by Crippen LogP contribution is 2.37. The Morgan fingerprint density at radius 1 is 1.06 bits per heavy atom. The maximum absolute atomic E-state index is 12.9. The molecule has 2 aromatic rings. The van der Waals surface area contributed by atoms with Gasteiger partial charge < -0.3 is 10.6 Å².